The molecule has 1 saturated carbocycles. The summed E-state index contributed by atoms with van der Waals surface area (Å²) >= 11 is 0. The molecule has 6 heteroatoms. The fraction of sp³-hybridized carbons (Fsp3) is 0.909. The van der Waals surface area contributed by atoms with Crippen molar-refractivity contribution in [2.75, 3.05) is 12.0 Å². The van der Waals surface area contributed by atoms with Crippen molar-refractivity contribution in [3.63, 3.8) is 0 Å². The molecule has 2 atom stereocenters. The molecule has 0 saturated heterocycles. The SMILES string of the molecule is CC(CCS(C)=O)NC(=NC1CCCC1)NN. The average Bonchev–Trinajstić information content (AvgIpc) is 2.78. The monoisotopic (exact) mass is 260 g/mol. The van der Waals surface area contributed by atoms with Crippen molar-refractivity contribution >= 4 is 16.8 Å². The quantitative estimate of drug-likeness (QED) is 0.291. The summed E-state index contributed by atoms with van der Waals surface area (Å²) in [5.74, 6) is 6.81. The van der Waals surface area contributed by atoms with E-state index in [0.717, 1.165) is 19.3 Å². The molecule has 1 fully saturated rings. The normalized spacial score (nSPS) is 21.2. The molecule has 0 spiro atoms. The van der Waals surface area contributed by atoms with Crippen LogP contribution in [0, 0.1) is 0 Å². The molecule has 1 aliphatic carbocycles. The maximum atomic E-state index is 11.0. The van der Waals surface area contributed by atoms with Gasteiger partial charge in [0.2, 0.25) is 5.96 Å². The summed E-state index contributed by atoms with van der Waals surface area (Å²) in [7, 11) is -0.738. The van der Waals surface area contributed by atoms with Gasteiger partial charge in [-0.1, -0.05) is 12.8 Å². The Labute approximate surface area is 106 Å². The summed E-state index contributed by atoms with van der Waals surface area (Å²) in [5.41, 5.74) is 2.61. The first kappa shape index (κ1) is 14.4. The Morgan fingerprint density at radius 3 is 2.71 bits per heavy atom. The molecule has 100 valence electrons. The lowest BCUT2D eigenvalue weighted by molar-refractivity contribution is 0.610. The molecule has 0 radical (unpaired) electrons. The van der Waals surface area contributed by atoms with Crippen LogP contribution in [0.2, 0.25) is 0 Å². The lowest BCUT2D eigenvalue weighted by Crippen LogP contribution is -2.46. The number of nitrogens with two attached hydrogens (primary N) is 1. The number of hydrogen-bond donors (Lipinski definition) is 3. The number of hydrazine groups is 1. The van der Waals surface area contributed by atoms with E-state index in [-0.39, 0.29) is 6.04 Å². The molecule has 0 aliphatic heterocycles. The maximum absolute atomic E-state index is 11.0. The number of rotatable bonds is 5. The van der Waals surface area contributed by atoms with Crippen LogP contribution in [0.25, 0.3) is 0 Å². The maximum Gasteiger partial charge on any atom is 0.206 e. The van der Waals surface area contributed by atoms with E-state index in [1.807, 2.05) is 6.92 Å². The van der Waals surface area contributed by atoms with E-state index >= 15 is 0 Å². The highest BCUT2D eigenvalue weighted by atomic mass is 32.2. The van der Waals surface area contributed by atoms with Crippen LogP contribution in [0.15, 0.2) is 4.99 Å². The molecule has 2 unspecified atom stereocenters. The van der Waals surface area contributed by atoms with E-state index in [2.05, 4.69) is 15.7 Å². The minimum Gasteiger partial charge on any atom is -0.353 e. The Hall–Kier alpha value is -0.620. The summed E-state index contributed by atoms with van der Waals surface area (Å²) in [4.78, 5) is 4.55. The Morgan fingerprint density at radius 1 is 1.53 bits per heavy atom. The highest BCUT2D eigenvalue weighted by molar-refractivity contribution is 7.84. The third-order valence-electron chi connectivity index (χ3n) is 2.99. The third-order valence-corrected chi connectivity index (χ3v) is 3.81. The van der Waals surface area contributed by atoms with E-state index in [9.17, 15) is 4.21 Å². The zero-order valence-corrected chi connectivity index (χ0v) is 11.6. The average molecular weight is 260 g/mol. The summed E-state index contributed by atoms with van der Waals surface area (Å²) in [5, 5.41) is 3.23. The summed E-state index contributed by atoms with van der Waals surface area (Å²) in [6, 6.07) is 0.635. The van der Waals surface area contributed by atoms with Gasteiger partial charge < -0.3 is 5.32 Å². The van der Waals surface area contributed by atoms with Gasteiger partial charge in [0.05, 0.1) is 6.04 Å². The van der Waals surface area contributed by atoms with Crippen LogP contribution in [-0.2, 0) is 10.8 Å². The predicted molar refractivity (Wildman–Crippen MR) is 73.2 cm³/mol. The van der Waals surface area contributed by atoms with Crippen molar-refractivity contribution in [2.45, 2.75) is 51.1 Å². The van der Waals surface area contributed by atoms with Gasteiger partial charge in [0.15, 0.2) is 0 Å². The fourth-order valence-corrected chi connectivity index (χ4v) is 2.67. The Balaban J connectivity index is 2.36. The van der Waals surface area contributed by atoms with Gasteiger partial charge in [0.25, 0.3) is 0 Å². The van der Waals surface area contributed by atoms with Crippen LogP contribution < -0.4 is 16.6 Å². The Kier molecular flexibility index (Phi) is 6.50. The van der Waals surface area contributed by atoms with Crippen LogP contribution in [0.4, 0.5) is 0 Å². The fourth-order valence-electron chi connectivity index (χ4n) is 1.98. The van der Waals surface area contributed by atoms with Crippen molar-refractivity contribution < 1.29 is 4.21 Å². The second kappa shape index (κ2) is 7.66. The lowest BCUT2D eigenvalue weighted by atomic mass is 10.2. The minimum absolute atomic E-state index is 0.232. The van der Waals surface area contributed by atoms with Crippen molar-refractivity contribution in [3.05, 3.63) is 0 Å². The molecule has 0 aromatic carbocycles. The number of hydrogen-bond acceptors (Lipinski definition) is 3. The minimum atomic E-state index is -0.738. The number of guanidine groups is 1. The van der Waals surface area contributed by atoms with Crippen molar-refractivity contribution in [3.8, 4) is 0 Å². The molecule has 1 rings (SSSR count). The van der Waals surface area contributed by atoms with Crippen LogP contribution >= 0.6 is 0 Å². The zero-order valence-electron chi connectivity index (χ0n) is 10.7. The van der Waals surface area contributed by atoms with Crippen LogP contribution in [0.3, 0.4) is 0 Å². The van der Waals surface area contributed by atoms with E-state index < -0.39 is 10.8 Å². The molecule has 0 aromatic rings. The highest BCUT2D eigenvalue weighted by Crippen LogP contribution is 2.20. The molecule has 0 heterocycles. The molecular weight excluding hydrogens is 236 g/mol. The molecule has 5 nitrogen and oxygen atoms in total. The van der Waals surface area contributed by atoms with E-state index in [1.54, 1.807) is 6.26 Å². The second-order valence-electron chi connectivity index (χ2n) is 4.67. The van der Waals surface area contributed by atoms with Crippen LogP contribution in [-0.4, -0.2) is 34.3 Å². The summed E-state index contributed by atoms with van der Waals surface area (Å²) < 4.78 is 11.0. The predicted octanol–water partition coefficient (Wildman–Crippen LogP) is 0.495. The van der Waals surface area contributed by atoms with Gasteiger partial charge in [0, 0.05) is 28.9 Å². The number of aliphatic imine (C=N–C) groups is 1. The molecule has 0 bridgehead atoms. The highest BCUT2D eigenvalue weighted by Gasteiger charge is 2.15. The van der Waals surface area contributed by atoms with E-state index in [1.165, 1.54) is 12.8 Å². The summed E-state index contributed by atoms with van der Waals surface area (Å²) in [6.07, 6.45) is 7.41. The van der Waals surface area contributed by atoms with E-state index in [4.69, 9.17) is 5.84 Å². The van der Waals surface area contributed by atoms with Crippen LogP contribution in [0.1, 0.15) is 39.0 Å². The first-order valence-electron chi connectivity index (χ1n) is 6.22. The standard InChI is InChI=1S/C11H24N4OS/c1-9(7-8-17(2)16)13-11(15-12)14-10-5-3-4-6-10/h9-10H,3-8,12H2,1-2H3,(H2,13,14,15). The van der Waals surface area contributed by atoms with Crippen molar-refractivity contribution in [1.29, 1.82) is 0 Å². The molecular formula is C11H24N4OS. The smallest absolute Gasteiger partial charge is 0.206 e. The molecule has 1 aliphatic rings. The van der Waals surface area contributed by atoms with Crippen molar-refractivity contribution in [1.82, 2.24) is 10.7 Å². The van der Waals surface area contributed by atoms with Gasteiger partial charge in [-0.15, -0.1) is 0 Å². The van der Waals surface area contributed by atoms with Gasteiger partial charge in [0.1, 0.15) is 0 Å². The lowest BCUT2D eigenvalue weighted by Gasteiger charge is -2.17. The topological polar surface area (TPSA) is 79.5 Å². The zero-order chi connectivity index (χ0) is 12.7. The van der Waals surface area contributed by atoms with Gasteiger partial charge >= 0.3 is 0 Å². The van der Waals surface area contributed by atoms with Gasteiger partial charge in [-0.25, -0.2) is 10.8 Å². The van der Waals surface area contributed by atoms with Crippen LogP contribution in [0.5, 0.6) is 0 Å². The largest absolute Gasteiger partial charge is 0.353 e. The molecule has 0 amide bonds. The Bertz CT molecular complexity index is 277. The second-order valence-corrected chi connectivity index (χ2v) is 6.23. The molecule has 4 N–H and O–H groups in total. The molecule has 17 heavy (non-hydrogen) atoms. The Morgan fingerprint density at radius 2 is 2.18 bits per heavy atom. The van der Waals surface area contributed by atoms with Gasteiger partial charge in [-0.3, -0.25) is 9.63 Å². The molecule has 0 aromatic heterocycles. The number of nitrogens with zero attached hydrogens (tertiary/aromatic N) is 1. The number of nitrogens with one attached hydrogen (secondary N) is 2. The van der Waals surface area contributed by atoms with Gasteiger partial charge in [-0.05, 0) is 26.2 Å². The first-order chi connectivity index (χ1) is 8.11. The van der Waals surface area contributed by atoms with E-state index in [0.29, 0.717) is 17.8 Å². The van der Waals surface area contributed by atoms with Gasteiger partial charge in [-0.2, -0.15) is 0 Å². The summed E-state index contributed by atoms with van der Waals surface area (Å²) in [6.45, 7) is 2.05. The van der Waals surface area contributed by atoms with Crippen molar-refractivity contribution in [2.24, 2.45) is 10.8 Å². The third kappa shape index (κ3) is 6.02. The first-order valence-corrected chi connectivity index (χ1v) is 7.95.